The number of hydrogen-bond donors (Lipinski definition) is 1. The lowest BCUT2D eigenvalue weighted by Gasteiger charge is -2.25. The molecule has 0 fully saturated rings. The van der Waals surface area contributed by atoms with Gasteiger partial charge in [-0.3, -0.25) is 0 Å². The van der Waals surface area contributed by atoms with Gasteiger partial charge in [0.25, 0.3) is 0 Å². The van der Waals surface area contributed by atoms with Gasteiger partial charge >= 0.3 is 0 Å². The van der Waals surface area contributed by atoms with E-state index in [-0.39, 0.29) is 0 Å². The van der Waals surface area contributed by atoms with Crippen LogP contribution >= 0.6 is 0 Å². The van der Waals surface area contributed by atoms with Crippen LogP contribution in [0.15, 0.2) is 24.3 Å². The molecule has 0 radical (unpaired) electrons. The third-order valence-corrected chi connectivity index (χ3v) is 2.73. The van der Waals surface area contributed by atoms with Gasteiger partial charge in [0.15, 0.2) is 0 Å². The quantitative estimate of drug-likeness (QED) is 0.774. The van der Waals surface area contributed by atoms with Crippen molar-refractivity contribution in [3.63, 3.8) is 0 Å². The minimum Gasteiger partial charge on any atom is -0.372 e. The lowest BCUT2D eigenvalue weighted by molar-refractivity contribution is 0.750. The van der Waals surface area contributed by atoms with Gasteiger partial charge in [0.1, 0.15) is 0 Å². The Morgan fingerprint density at radius 1 is 1.20 bits per heavy atom. The molecule has 0 spiro atoms. The zero-order valence-electron chi connectivity index (χ0n) is 9.87. The molecule has 1 aromatic rings. The summed E-state index contributed by atoms with van der Waals surface area (Å²) >= 11 is 0. The van der Waals surface area contributed by atoms with Crippen molar-refractivity contribution in [1.29, 1.82) is 0 Å². The van der Waals surface area contributed by atoms with E-state index >= 15 is 0 Å². The second-order valence-electron chi connectivity index (χ2n) is 3.70. The predicted octanol–water partition coefficient (Wildman–Crippen LogP) is 2.42. The summed E-state index contributed by atoms with van der Waals surface area (Å²) < 4.78 is 0. The zero-order chi connectivity index (χ0) is 11.1. The fraction of sp³-hybridized carbons (Fsp3) is 0.538. The van der Waals surface area contributed by atoms with Crippen LogP contribution in [-0.2, 0) is 6.42 Å². The Labute approximate surface area is 93.1 Å². The Morgan fingerprint density at radius 2 is 1.93 bits per heavy atom. The summed E-state index contributed by atoms with van der Waals surface area (Å²) in [6.07, 6.45) is 2.15. The predicted molar refractivity (Wildman–Crippen MR) is 67.4 cm³/mol. The number of para-hydroxylation sites is 1. The fourth-order valence-electron chi connectivity index (χ4n) is 1.85. The minimum atomic E-state index is 0.769. The maximum Gasteiger partial charge on any atom is 0.0398 e. The molecular weight excluding hydrogens is 184 g/mol. The lowest BCUT2D eigenvalue weighted by Crippen LogP contribution is -2.26. The zero-order valence-corrected chi connectivity index (χ0v) is 9.87. The Morgan fingerprint density at radius 3 is 2.53 bits per heavy atom. The highest BCUT2D eigenvalue weighted by Gasteiger charge is 2.06. The van der Waals surface area contributed by atoms with Crippen LogP contribution in [0.2, 0.25) is 0 Å². The maximum atomic E-state index is 5.55. The Bertz CT molecular complexity index is 284. The average molecular weight is 206 g/mol. The molecule has 0 bridgehead atoms. The summed E-state index contributed by atoms with van der Waals surface area (Å²) in [6, 6.07) is 8.64. The Hall–Kier alpha value is -1.02. The van der Waals surface area contributed by atoms with Crippen molar-refractivity contribution >= 4 is 5.69 Å². The van der Waals surface area contributed by atoms with Gasteiger partial charge in [-0.2, -0.15) is 0 Å². The molecule has 0 atom stereocenters. The SMILES string of the molecule is CCc1ccccc1N(CC)CCCN. The molecule has 1 aromatic carbocycles. The minimum absolute atomic E-state index is 0.769. The molecule has 0 aliphatic rings. The van der Waals surface area contributed by atoms with Crippen LogP contribution in [0.3, 0.4) is 0 Å². The molecule has 0 unspecified atom stereocenters. The van der Waals surface area contributed by atoms with Crippen molar-refractivity contribution in [1.82, 2.24) is 0 Å². The molecule has 0 aromatic heterocycles. The number of nitrogens with zero attached hydrogens (tertiary/aromatic N) is 1. The molecule has 0 saturated heterocycles. The number of hydrogen-bond acceptors (Lipinski definition) is 2. The van der Waals surface area contributed by atoms with Crippen LogP contribution in [0, 0.1) is 0 Å². The fourth-order valence-corrected chi connectivity index (χ4v) is 1.85. The summed E-state index contributed by atoms with van der Waals surface area (Å²) in [6.45, 7) is 7.28. The number of nitrogens with two attached hydrogens (primary N) is 1. The first-order chi connectivity index (χ1) is 7.33. The van der Waals surface area contributed by atoms with Crippen LogP contribution in [0.25, 0.3) is 0 Å². The summed E-state index contributed by atoms with van der Waals surface area (Å²) in [5.74, 6) is 0. The van der Waals surface area contributed by atoms with E-state index in [4.69, 9.17) is 5.73 Å². The first-order valence-electron chi connectivity index (χ1n) is 5.86. The molecule has 2 heteroatoms. The van der Waals surface area contributed by atoms with E-state index in [9.17, 15) is 0 Å². The van der Waals surface area contributed by atoms with Crippen LogP contribution in [0.1, 0.15) is 25.8 Å². The van der Waals surface area contributed by atoms with Gasteiger partial charge in [-0.05, 0) is 37.9 Å². The van der Waals surface area contributed by atoms with Crippen LogP contribution < -0.4 is 10.6 Å². The van der Waals surface area contributed by atoms with E-state index in [1.807, 2.05) is 0 Å². The van der Waals surface area contributed by atoms with Crippen molar-refractivity contribution < 1.29 is 0 Å². The lowest BCUT2D eigenvalue weighted by atomic mass is 10.1. The van der Waals surface area contributed by atoms with Gasteiger partial charge in [0.2, 0.25) is 0 Å². The van der Waals surface area contributed by atoms with Gasteiger partial charge in [-0.25, -0.2) is 0 Å². The molecule has 0 amide bonds. The molecular formula is C13H22N2. The second kappa shape index (κ2) is 6.46. The summed E-state index contributed by atoms with van der Waals surface area (Å²) in [4.78, 5) is 2.41. The number of benzene rings is 1. The average Bonchev–Trinajstić information content (AvgIpc) is 2.30. The molecule has 15 heavy (non-hydrogen) atoms. The molecule has 2 nitrogen and oxygen atoms in total. The monoisotopic (exact) mass is 206 g/mol. The number of anilines is 1. The van der Waals surface area contributed by atoms with E-state index in [0.717, 1.165) is 32.5 Å². The first kappa shape index (κ1) is 12.1. The molecule has 84 valence electrons. The van der Waals surface area contributed by atoms with Crippen LogP contribution in [0.5, 0.6) is 0 Å². The third-order valence-electron chi connectivity index (χ3n) is 2.73. The smallest absolute Gasteiger partial charge is 0.0398 e. The summed E-state index contributed by atoms with van der Waals surface area (Å²) in [5, 5.41) is 0. The topological polar surface area (TPSA) is 29.3 Å². The van der Waals surface area contributed by atoms with Crippen molar-refractivity contribution in [2.24, 2.45) is 5.73 Å². The van der Waals surface area contributed by atoms with Crippen molar-refractivity contribution in [3.8, 4) is 0 Å². The largest absolute Gasteiger partial charge is 0.372 e. The van der Waals surface area contributed by atoms with Crippen molar-refractivity contribution in [2.45, 2.75) is 26.7 Å². The molecule has 0 aliphatic heterocycles. The highest BCUT2D eigenvalue weighted by Crippen LogP contribution is 2.20. The van der Waals surface area contributed by atoms with Crippen molar-refractivity contribution in [3.05, 3.63) is 29.8 Å². The van der Waals surface area contributed by atoms with Gasteiger partial charge in [-0.15, -0.1) is 0 Å². The van der Waals surface area contributed by atoms with E-state index < -0.39 is 0 Å². The normalized spacial score (nSPS) is 10.3. The van der Waals surface area contributed by atoms with E-state index in [0.29, 0.717) is 0 Å². The second-order valence-corrected chi connectivity index (χ2v) is 3.70. The van der Waals surface area contributed by atoms with Crippen LogP contribution in [0.4, 0.5) is 5.69 Å². The van der Waals surface area contributed by atoms with E-state index in [2.05, 4.69) is 43.0 Å². The molecule has 0 saturated carbocycles. The van der Waals surface area contributed by atoms with Gasteiger partial charge in [0.05, 0.1) is 0 Å². The van der Waals surface area contributed by atoms with E-state index in [1.165, 1.54) is 11.3 Å². The molecule has 0 heterocycles. The summed E-state index contributed by atoms with van der Waals surface area (Å²) in [5.41, 5.74) is 8.35. The summed E-state index contributed by atoms with van der Waals surface area (Å²) in [7, 11) is 0. The standard InChI is InChI=1S/C13H22N2/c1-3-12-8-5-6-9-13(12)15(4-2)11-7-10-14/h5-6,8-9H,3-4,7,10-11,14H2,1-2H3. The Balaban J connectivity index is 2.80. The molecule has 2 N–H and O–H groups in total. The molecule has 0 aliphatic carbocycles. The van der Waals surface area contributed by atoms with Crippen molar-refractivity contribution in [2.75, 3.05) is 24.5 Å². The van der Waals surface area contributed by atoms with E-state index in [1.54, 1.807) is 0 Å². The molecule has 1 rings (SSSR count). The Kier molecular flexibility index (Phi) is 5.19. The highest BCUT2D eigenvalue weighted by atomic mass is 15.1. The van der Waals surface area contributed by atoms with Gasteiger partial charge < -0.3 is 10.6 Å². The number of aryl methyl sites for hydroxylation is 1. The van der Waals surface area contributed by atoms with Gasteiger partial charge in [0, 0.05) is 18.8 Å². The third kappa shape index (κ3) is 3.24. The maximum absolute atomic E-state index is 5.55. The highest BCUT2D eigenvalue weighted by molar-refractivity contribution is 5.53. The number of rotatable bonds is 6. The van der Waals surface area contributed by atoms with Gasteiger partial charge in [-0.1, -0.05) is 25.1 Å². The van der Waals surface area contributed by atoms with Crippen LogP contribution in [-0.4, -0.2) is 19.6 Å². The first-order valence-corrected chi connectivity index (χ1v) is 5.86.